The van der Waals surface area contributed by atoms with Gasteiger partial charge >= 0.3 is 0 Å². The molecule has 1 amide bonds. The van der Waals surface area contributed by atoms with Crippen molar-refractivity contribution < 1.29 is 14.3 Å². The fraction of sp³-hybridized carbons (Fsp3) is 0.172. The summed E-state index contributed by atoms with van der Waals surface area (Å²) in [5, 5.41) is 4.04. The molecule has 3 aromatic rings. The largest absolute Gasteiger partial charge is 0.490 e. The first-order chi connectivity index (χ1) is 17.5. The van der Waals surface area contributed by atoms with Crippen molar-refractivity contribution in [1.82, 2.24) is 5.32 Å². The summed E-state index contributed by atoms with van der Waals surface area (Å²) in [4.78, 5) is 17.7. The first kappa shape index (κ1) is 25.6. The maximum atomic E-state index is 12.6. The van der Waals surface area contributed by atoms with Crippen LogP contribution < -0.4 is 14.8 Å². The Morgan fingerprint density at radius 2 is 1.86 bits per heavy atom. The minimum Gasteiger partial charge on any atom is -0.490 e. The van der Waals surface area contributed by atoms with Gasteiger partial charge in [0, 0.05) is 16.1 Å². The quantitative estimate of drug-likeness (QED) is 0.239. The molecule has 0 radical (unpaired) electrons. The second kappa shape index (κ2) is 12.0. The van der Waals surface area contributed by atoms with E-state index in [1.807, 2.05) is 86.7 Å². The van der Waals surface area contributed by atoms with Crippen molar-refractivity contribution in [3.8, 4) is 11.5 Å². The summed E-state index contributed by atoms with van der Waals surface area (Å²) in [5.41, 5.74) is 4.57. The molecule has 1 aliphatic heterocycles. The molecule has 1 saturated heterocycles. The molecule has 1 aliphatic rings. The monoisotopic (exact) mass is 518 g/mol. The highest BCUT2D eigenvalue weighted by molar-refractivity contribution is 8.18. The van der Waals surface area contributed by atoms with Gasteiger partial charge in [-0.15, -0.1) is 6.58 Å². The number of carbonyl (C=O) groups excluding carboxylic acids is 1. The van der Waals surface area contributed by atoms with Crippen LogP contribution in [0.4, 0.5) is 5.69 Å². The standard InChI is InChI=1S/C29H27ClN2O3S/c1-4-8-21-15-20(16-25(34-5-2)27(21)35-18-22-9-6-7-10-24(22)30)17-26-28(33)32-29(36-26)31-23-13-11-19(3)12-14-23/h4,6-7,9-17H,1,5,8,18H2,2-3H3,(H,31,32,33)/b26-17+. The minimum atomic E-state index is -0.187. The van der Waals surface area contributed by atoms with Crippen molar-refractivity contribution in [2.24, 2.45) is 4.99 Å². The van der Waals surface area contributed by atoms with Crippen LogP contribution in [0.3, 0.4) is 0 Å². The van der Waals surface area contributed by atoms with Crippen molar-refractivity contribution in [1.29, 1.82) is 0 Å². The Bertz CT molecular complexity index is 1330. The van der Waals surface area contributed by atoms with E-state index in [0.29, 0.717) is 46.2 Å². The first-order valence-electron chi connectivity index (χ1n) is 11.6. The number of hydrogen-bond acceptors (Lipinski definition) is 5. The van der Waals surface area contributed by atoms with Gasteiger partial charge in [0.2, 0.25) is 0 Å². The molecule has 5 nitrogen and oxygen atoms in total. The minimum absolute atomic E-state index is 0.187. The van der Waals surface area contributed by atoms with Crippen LogP contribution in [-0.4, -0.2) is 17.7 Å². The molecule has 4 rings (SSSR count). The molecular formula is C29H27ClN2O3S. The lowest BCUT2D eigenvalue weighted by molar-refractivity contribution is -0.115. The fourth-order valence-electron chi connectivity index (χ4n) is 3.63. The van der Waals surface area contributed by atoms with Crippen LogP contribution >= 0.6 is 23.4 Å². The summed E-state index contributed by atoms with van der Waals surface area (Å²) >= 11 is 7.62. The summed E-state index contributed by atoms with van der Waals surface area (Å²) in [7, 11) is 0. The number of hydrogen-bond donors (Lipinski definition) is 1. The van der Waals surface area contributed by atoms with Gasteiger partial charge in [-0.2, -0.15) is 0 Å². The van der Waals surface area contributed by atoms with Gasteiger partial charge in [-0.25, -0.2) is 4.99 Å². The smallest absolute Gasteiger partial charge is 0.264 e. The summed E-state index contributed by atoms with van der Waals surface area (Å²) in [6.45, 7) is 8.61. The maximum absolute atomic E-state index is 12.6. The molecule has 0 unspecified atom stereocenters. The van der Waals surface area contributed by atoms with Crippen LogP contribution in [-0.2, 0) is 17.8 Å². The second-order valence-electron chi connectivity index (χ2n) is 8.13. The Morgan fingerprint density at radius 3 is 2.58 bits per heavy atom. The summed E-state index contributed by atoms with van der Waals surface area (Å²) in [6.07, 6.45) is 4.23. The Hall–Kier alpha value is -3.48. The number of ether oxygens (including phenoxy) is 2. The number of nitrogens with zero attached hydrogens (tertiary/aromatic N) is 1. The van der Waals surface area contributed by atoms with Crippen molar-refractivity contribution in [3.63, 3.8) is 0 Å². The van der Waals surface area contributed by atoms with Crippen LogP contribution in [0.2, 0.25) is 5.02 Å². The van der Waals surface area contributed by atoms with Gasteiger partial charge in [0.1, 0.15) is 6.61 Å². The van der Waals surface area contributed by atoms with E-state index in [4.69, 9.17) is 21.1 Å². The average Bonchev–Trinajstić information content (AvgIpc) is 3.19. The van der Waals surface area contributed by atoms with E-state index >= 15 is 0 Å². The van der Waals surface area contributed by atoms with E-state index in [1.165, 1.54) is 11.8 Å². The van der Waals surface area contributed by atoms with Gasteiger partial charge in [-0.05, 0) is 74.0 Å². The molecular weight excluding hydrogens is 492 g/mol. The number of carbonyl (C=O) groups is 1. The number of benzene rings is 3. The second-order valence-corrected chi connectivity index (χ2v) is 9.57. The molecule has 0 aliphatic carbocycles. The fourth-order valence-corrected chi connectivity index (χ4v) is 4.67. The highest BCUT2D eigenvalue weighted by Crippen LogP contribution is 2.37. The van der Waals surface area contributed by atoms with Gasteiger partial charge in [-0.1, -0.05) is 53.6 Å². The Morgan fingerprint density at radius 1 is 1.08 bits per heavy atom. The topological polar surface area (TPSA) is 59.9 Å². The average molecular weight is 519 g/mol. The molecule has 0 atom stereocenters. The molecule has 3 aromatic carbocycles. The van der Waals surface area contributed by atoms with Gasteiger partial charge in [0.25, 0.3) is 5.91 Å². The lowest BCUT2D eigenvalue weighted by Crippen LogP contribution is -2.19. The van der Waals surface area contributed by atoms with Crippen LogP contribution in [0.5, 0.6) is 11.5 Å². The Labute approximate surface area is 220 Å². The summed E-state index contributed by atoms with van der Waals surface area (Å²) < 4.78 is 12.1. The van der Waals surface area contributed by atoms with E-state index in [0.717, 1.165) is 27.9 Å². The van der Waals surface area contributed by atoms with E-state index in [9.17, 15) is 4.79 Å². The first-order valence-corrected chi connectivity index (χ1v) is 12.8. The highest BCUT2D eigenvalue weighted by Gasteiger charge is 2.24. The lowest BCUT2D eigenvalue weighted by Gasteiger charge is -2.17. The molecule has 1 heterocycles. The van der Waals surface area contributed by atoms with Gasteiger partial charge < -0.3 is 14.8 Å². The number of amidine groups is 1. The molecule has 0 bridgehead atoms. The molecule has 0 saturated carbocycles. The van der Waals surface area contributed by atoms with Crippen molar-refractivity contribution in [2.75, 3.05) is 6.61 Å². The summed E-state index contributed by atoms with van der Waals surface area (Å²) in [5.74, 6) is 1.06. The number of aryl methyl sites for hydroxylation is 1. The van der Waals surface area contributed by atoms with E-state index in [2.05, 4.69) is 16.9 Å². The third-order valence-corrected chi connectivity index (χ3v) is 6.64. The summed E-state index contributed by atoms with van der Waals surface area (Å²) in [6, 6.07) is 19.3. The molecule has 1 fully saturated rings. The number of thioether (sulfide) groups is 1. The number of halogens is 1. The maximum Gasteiger partial charge on any atom is 0.264 e. The van der Waals surface area contributed by atoms with Crippen LogP contribution in [0.1, 0.15) is 29.2 Å². The molecule has 7 heteroatoms. The van der Waals surface area contributed by atoms with E-state index in [-0.39, 0.29) is 5.91 Å². The molecule has 1 N–H and O–H groups in total. The third-order valence-electron chi connectivity index (χ3n) is 5.36. The van der Waals surface area contributed by atoms with Crippen molar-refractivity contribution in [2.45, 2.75) is 26.9 Å². The molecule has 36 heavy (non-hydrogen) atoms. The number of amides is 1. The van der Waals surface area contributed by atoms with Gasteiger partial charge in [0.05, 0.1) is 17.2 Å². The molecule has 184 valence electrons. The number of nitrogens with one attached hydrogen (secondary N) is 1. The van der Waals surface area contributed by atoms with Gasteiger partial charge in [-0.3, -0.25) is 4.79 Å². The normalized spacial score (nSPS) is 15.2. The number of aliphatic imine (C=N–C) groups is 1. The zero-order valence-electron chi connectivity index (χ0n) is 20.2. The van der Waals surface area contributed by atoms with Crippen LogP contribution in [0.15, 0.2) is 83.2 Å². The SMILES string of the molecule is C=CCc1cc(/C=C2/SC(=Nc3ccc(C)cc3)NC2=O)cc(OCC)c1OCc1ccccc1Cl. The zero-order chi connectivity index (χ0) is 25.5. The van der Waals surface area contributed by atoms with E-state index < -0.39 is 0 Å². The Kier molecular flexibility index (Phi) is 8.52. The lowest BCUT2D eigenvalue weighted by atomic mass is 10.0. The molecule has 0 aromatic heterocycles. The number of allylic oxidation sites excluding steroid dienone is 1. The van der Waals surface area contributed by atoms with E-state index in [1.54, 1.807) is 0 Å². The molecule has 0 spiro atoms. The van der Waals surface area contributed by atoms with Crippen molar-refractivity contribution >= 4 is 46.2 Å². The highest BCUT2D eigenvalue weighted by atomic mass is 35.5. The predicted octanol–water partition coefficient (Wildman–Crippen LogP) is 7.25. The zero-order valence-corrected chi connectivity index (χ0v) is 21.8. The van der Waals surface area contributed by atoms with Crippen LogP contribution in [0, 0.1) is 6.92 Å². The number of rotatable bonds is 9. The van der Waals surface area contributed by atoms with Crippen LogP contribution in [0.25, 0.3) is 6.08 Å². The predicted molar refractivity (Wildman–Crippen MR) is 149 cm³/mol. The Balaban J connectivity index is 1.62. The van der Waals surface area contributed by atoms with Crippen molar-refractivity contribution in [3.05, 3.63) is 106 Å². The third kappa shape index (κ3) is 6.39. The van der Waals surface area contributed by atoms with Gasteiger partial charge in [0.15, 0.2) is 16.7 Å².